The van der Waals surface area contributed by atoms with Crippen molar-refractivity contribution >= 4 is 5.69 Å². The number of hydrogen-bond acceptors (Lipinski definition) is 5. The molecule has 7 nitrogen and oxygen atoms in total. The van der Waals surface area contributed by atoms with E-state index < -0.39 is 4.92 Å². The Bertz CT molecular complexity index is 812. The highest BCUT2D eigenvalue weighted by molar-refractivity contribution is 5.69. The smallest absolute Gasteiger partial charge is 0.278 e. The number of nitro groups is 1. The quantitative estimate of drug-likeness (QED) is 0.546. The summed E-state index contributed by atoms with van der Waals surface area (Å²) in [6.07, 6.45) is 1.66. The number of rotatable bonds is 4. The van der Waals surface area contributed by atoms with Gasteiger partial charge in [-0.15, -0.1) is 5.10 Å². The number of nitrogens with zero attached hydrogens (tertiary/aromatic N) is 4. The van der Waals surface area contributed by atoms with Crippen LogP contribution in [0.5, 0.6) is 5.75 Å². The van der Waals surface area contributed by atoms with E-state index in [0.717, 1.165) is 11.4 Å². The minimum atomic E-state index is -0.429. The Morgan fingerprint density at radius 1 is 1.14 bits per heavy atom. The van der Waals surface area contributed by atoms with Crippen LogP contribution >= 0.6 is 0 Å². The van der Waals surface area contributed by atoms with Crippen molar-refractivity contribution < 1.29 is 9.66 Å². The summed E-state index contributed by atoms with van der Waals surface area (Å²) < 4.78 is 6.66. The van der Waals surface area contributed by atoms with Gasteiger partial charge in [0.05, 0.1) is 29.5 Å². The third-order valence-electron chi connectivity index (χ3n) is 3.21. The number of nitro benzene ring substituents is 1. The molecule has 0 aliphatic heterocycles. The Balaban J connectivity index is 1.98. The van der Waals surface area contributed by atoms with Crippen LogP contribution in [0.1, 0.15) is 0 Å². The van der Waals surface area contributed by atoms with E-state index in [4.69, 9.17) is 4.74 Å². The molecule has 0 radical (unpaired) electrons. The molecule has 3 rings (SSSR count). The van der Waals surface area contributed by atoms with E-state index in [1.54, 1.807) is 36.2 Å². The van der Waals surface area contributed by atoms with Gasteiger partial charge in [0.15, 0.2) is 0 Å². The molecule has 0 aliphatic rings. The molecular formula is C15H12N4O3. The largest absolute Gasteiger partial charge is 0.497 e. The van der Waals surface area contributed by atoms with Crippen molar-refractivity contribution in [1.82, 2.24) is 15.0 Å². The molecule has 0 aliphatic carbocycles. The predicted molar refractivity (Wildman–Crippen MR) is 80.0 cm³/mol. The zero-order valence-corrected chi connectivity index (χ0v) is 11.7. The van der Waals surface area contributed by atoms with E-state index in [1.165, 1.54) is 6.07 Å². The number of para-hydroxylation sites is 1. The average Bonchev–Trinajstić information content (AvgIpc) is 3.04. The molecule has 0 N–H and O–H groups in total. The van der Waals surface area contributed by atoms with Crippen LogP contribution in [0.25, 0.3) is 16.9 Å². The molecule has 2 aromatic carbocycles. The molecule has 1 heterocycles. The first-order valence-corrected chi connectivity index (χ1v) is 6.49. The number of benzene rings is 2. The van der Waals surface area contributed by atoms with Gasteiger partial charge in [0.25, 0.3) is 5.69 Å². The van der Waals surface area contributed by atoms with Gasteiger partial charge in [-0.1, -0.05) is 17.3 Å². The van der Waals surface area contributed by atoms with Gasteiger partial charge >= 0.3 is 0 Å². The van der Waals surface area contributed by atoms with Gasteiger partial charge in [0, 0.05) is 6.07 Å². The topological polar surface area (TPSA) is 83.1 Å². The first-order chi connectivity index (χ1) is 10.7. The fourth-order valence-corrected chi connectivity index (χ4v) is 2.10. The second-order valence-electron chi connectivity index (χ2n) is 4.52. The molecule has 0 amide bonds. The molecule has 3 aromatic rings. The van der Waals surface area contributed by atoms with Gasteiger partial charge in [0.1, 0.15) is 11.4 Å². The summed E-state index contributed by atoms with van der Waals surface area (Å²) in [4.78, 5) is 10.7. The molecule has 0 unspecified atom stereocenters. The van der Waals surface area contributed by atoms with E-state index in [0.29, 0.717) is 11.3 Å². The van der Waals surface area contributed by atoms with Crippen LogP contribution in [0.4, 0.5) is 5.69 Å². The van der Waals surface area contributed by atoms with Crippen LogP contribution < -0.4 is 4.74 Å². The second-order valence-corrected chi connectivity index (χ2v) is 4.52. The third-order valence-corrected chi connectivity index (χ3v) is 3.21. The van der Waals surface area contributed by atoms with Gasteiger partial charge in [-0.3, -0.25) is 10.1 Å². The molecule has 0 saturated heterocycles. The fourth-order valence-electron chi connectivity index (χ4n) is 2.10. The molecule has 1 aromatic heterocycles. The maximum absolute atomic E-state index is 11.1. The van der Waals surface area contributed by atoms with E-state index in [2.05, 4.69) is 10.3 Å². The Hall–Kier alpha value is -3.22. The highest BCUT2D eigenvalue weighted by Gasteiger charge is 2.17. The Morgan fingerprint density at radius 2 is 1.86 bits per heavy atom. The minimum Gasteiger partial charge on any atom is -0.497 e. The number of aromatic nitrogens is 3. The highest BCUT2D eigenvalue weighted by Crippen LogP contribution is 2.28. The van der Waals surface area contributed by atoms with Crippen LogP contribution in [-0.4, -0.2) is 27.0 Å². The number of methoxy groups -OCH3 is 1. The number of ether oxygens (including phenoxy) is 1. The van der Waals surface area contributed by atoms with E-state index >= 15 is 0 Å². The molecule has 7 heteroatoms. The lowest BCUT2D eigenvalue weighted by atomic mass is 10.1. The zero-order valence-electron chi connectivity index (χ0n) is 11.7. The molecule has 22 heavy (non-hydrogen) atoms. The lowest BCUT2D eigenvalue weighted by molar-refractivity contribution is -0.384. The van der Waals surface area contributed by atoms with E-state index in [-0.39, 0.29) is 5.69 Å². The number of hydrogen-bond donors (Lipinski definition) is 0. The summed E-state index contributed by atoms with van der Waals surface area (Å²) in [5, 5.41) is 19.1. The van der Waals surface area contributed by atoms with Crippen molar-refractivity contribution in [3.63, 3.8) is 0 Å². The van der Waals surface area contributed by atoms with Crippen LogP contribution in [0, 0.1) is 10.1 Å². The van der Waals surface area contributed by atoms with Crippen molar-refractivity contribution in [3.8, 4) is 22.7 Å². The molecule has 0 bridgehead atoms. The van der Waals surface area contributed by atoms with Crippen molar-refractivity contribution in [2.75, 3.05) is 7.11 Å². The van der Waals surface area contributed by atoms with E-state index in [1.807, 2.05) is 24.3 Å². The van der Waals surface area contributed by atoms with Crippen LogP contribution in [0.15, 0.2) is 54.7 Å². The highest BCUT2D eigenvalue weighted by atomic mass is 16.6. The Morgan fingerprint density at radius 3 is 2.55 bits per heavy atom. The zero-order chi connectivity index (χ0) is 15.5. The Labute approximate surface area is 125 Å². The molecule has 0 saturated carbocycles. The van der Waals surface area contributed by atoms with Crippen molar-refractivity contribution in [1.29, 1.82) is 0 Å². The standard InChI is InChI=1S/C15H12N4O3/c1-22-12-8-6-11(7-9-12)18-10-14(16-17-18)13-4-2-3-5-15(13)19(20)21/h2-10H,1H3. The fraction of sp³-hybridized carbons (Fsp3) is 0.0667. The van der Waals surface area contributed by atoms with E-state index in [9.17, 15) is 10.1 Å². The molecule has 0 atom stereocenters. The third kappa shape index (κ3) is 2.51. The molecule has 110 valence electrons. The first kappa shape index (κ1) is 13.7. The van der Waals surface area contributed by atoms with Gasteiger partial charge < -0.3 is 4.74 Å². The molecule has 0 fully saturated rings. The maximum atomic E-state index is 11.1. The van der Waals surface area contributed by atoms with Gasteiger partial charge in [0.2, 0.25) is 0 Å². The average molecular weight is 296 g/mol. The summed E-state index contributed by atoms with van der Waals surface area (Å²) in [6.45, 7) is 0. The summed E-state index contributed by atoms with van der Waals surface area (Å²) in [7, 11) is 1.59. The summed E-state index contributed by atoms with van der Waals surface area (Å²) in [6, 6.07) is 13.7. The summed E-state index contributed by atoms with van der Waals surface area (Å²) in [5.41, 5.74) is 1.68. The van der Waals surface area contributed by atoms with Crippen LogP contribution in [0.2, 0.25) is 0 Å². The van der Waals surface area contributed by atoms with Crippen molar-refractivity contribution in [2.45, 2.75) is 0 Å². The van der Waals surface area contributed by atoms with Gasteiger partial charge in [-0.05, 0) is 30.3 Å². The van der Waals surface area contributed by atoms with Gasteiger partial charge in [-0.2, -0.15) is 0 Å². The molecule has 0 spiro atoms. The monoisotopic (exact) mass is 296 g/mol. The summed E-state index contributed by atoms with van der Waals surface area (Å²) >= 11 is 0. The van der Waals surface area contributed by atoms with Crippen molar-refractivity contribution in [2.24, 2.45) is 0 Å². The van der Waals surface area contributed by atoms with Crippen molar-refractivity contribution in [3.05, 3.63) is 64.8 Å². The lowest BCUT2D eigenvalue weighted by Gasteiger charge is -2.02. The minimum absolute atomic E-state index is 0.00396. The lowest BCUT2D eigenvalue weighted by Crippen LogP contribution is -1.94. The normalized spacial score (nSPS) is 10.4. The van der Waals surface area contributed by atoms with Crippen LogP contribution in [-0.2, 0) is 0 Å². The predicted octanol–water partition coefficient (Wildman–Crippen LogP) is 2.85. The van der Waals surface area contributed by atoms with Crippen LogP contribution in [0.3, 0.4) is 0 Å². The second kappa shape index (κ2) is 5.65. The summed E-state index contributed by atoms with van der Waals surface area (Å²) in [5.74, 6) is 0.739. The SMILES string of the molecule is COc1ccc(-n2cc(-c3ccccc3[N+](=O)[O-])nn2)cc1. The first-order valence-electron chi connectivity index (χ1n) is 6.49. The molecular weight excluding hydrogens is 284 g/mol. The maximum Gasteiger partial charge on any atom is 0.278 e. The Kier molecular flexibility index (Phi) is 3.53. The van der Waals surface area contributed by atoms with Gasteiger partial charge in [-0.25, -0.2) is 4.68 Å².